The molecule has 1 aliphatic rings. The summed E-state index contributed by atoms with van der Waals surface area (Å²) >= 11 is 0. The van der Waals surface area contributed by atoms with E-state index in [1.807, 2.05) is 60.7 Å². The Balaban J connectivity index is 1.49. The maximum atomic E-state index is 13.3. The molecule has 4 rings (SSSR count). The van der Waals surface area contributed by atoms with E-state index in [0.717, 1.165) is 23.0 Å². The number of carbonyl (C=O) groups excluding carboxylic acids is 2. The number of amides is 2. The van der Waals surface area contributed by atoms with E-state index < -0.39 is 6.04 Å². The van der Waals surface area contributed by atoms with Crippen LogP contribution in [0.15, 0.2) is 66.9 Å². The van der Waals surface area contributed by atoms with Gasteiger partial charge in [0.2, 0.25) is 11.8 Å². The predicted octanol–water partition coefficient (Wildman–Crippen LogP) is 2.23. The monoisotopic (exact) mass is 431 g/mol. The number of rotatable bonds is 8. The zero-order valence-corrected chi connectivity index (χ0v) is 18.0. The number of benzene rings is 2. The van der Waals surface area contributed by atoms with E-state index in [1.54, 1.807) is 6.20 Å². The average Bonchev–Trinajstić information content (AvgIpc) is 3.32. The molecule has 0 saturated carbocycles. The van der Waals surface area contributed by atoms with Gasteiger partial charge in [-0.25, -0.2) is 0 Å². The van der Waals surface area contributed by atoms with Gasteiger partial charge in [-0.05, 0) is 68.1 Å². The predicted molar refractivity (Wildman–Crippen MR) is 126 cm³/mol. The van der Waals surface area contributed by atoms with Crippen LogP contribution in [0.2, 0.25) is 0 Å². The Morgan fingerprint density at radius 3 is 2.72 bits per heavy atom. The Morgan fingerprint density at radius 2 is 1.94 bits per heavy atom. The lowest BCUT2D eigenvalue weighted by atomic mass is 10.0. The number of anilines is 1. The third kappa shape index (κ3) is 5.30. The van der Waals surface area contributed by atoms with Crippen molar-refractivity contribution in [3.63, 3.8) is 0 Å². The van der Waals surface area contributed by atoms with Crippen LogP contribution < -0.4 is 21.7 Å². The summed E-state index contributed by atoms with van der Waals surface area (Å²) in [5, 5.41) is 10.1. The van der Waals surface area contributed by atoms with Crippen molar-refractivity contribution in [2.75, 3.05) is 18.4 Å². The summed E-state index contributed by atoms with van der Waals surface area (Å²) in [7, 11) is 0. The molecular weight excluding hydrogens is 402 g/mol. The van der Waals surface area contributed by atoms with Crippen molar-refractivity contribution >= 4 is 28.4 Å². The molecule has 2 amide bonds. The smallest absolute Gasteiger partial charge is 0.246 e. The minimum atomic E-state index is -0.659. The summed E-state index contributed by atoms with van der Waals surface area (Å²) in [6.45, 7) is 1.27. The van der Waals surface area contributed by atoms with Crippen LogP contribution in [0.5, 0.6) is 0 Å². The molecule has 1 saturated heterocycles. The summed E-state index contributed by atoms with van der Waals surface area (Å²) in [5.41, 5.74) is 8.36. The molecule has 3 atom stereocenters. The van der Waals surface area contributed by atoms with E-state index in [9.17, 15) is 9.59 Å². The Bertz CT molecular complexity index is 1070. The third-order valence-electron chi connectivity index (χ3n) is 5.97. The van der Waals surface area contributed by atoms with Crippen LogP contribution in [0.3, 0.4) is 0 Å². The van der Waals surface area contributed by atoms with Crippen LogP contribution >= 0.6 is 0 Å². The third-order valence-corrected chi connectivity index (χ3v) is 5.97. The molecule has 7 nitrogen and oxygen atoms in total. The zero-order chi connectivity index (χ0) is 22.3. The van der Waals surface area contributed by atoms with E-state index in [0.29, 0.717) is 31.5 Å². The summed E-state index contributed by atoms with van der Waals surface area (Å²) in [4.78, 5) is 30.5. The van der Waals surface area contributed by atoms with E-state index >= 15 is 0 Å². The van der Waals surface area contributed by atoms with Crippen LogP contribution in [0.4, 0.5) is 5.69 Å². The van der Waals surface area contributed by atoms with Gasteiger partial charge in [-0.2, -0.15) is 0 Å². The zero-order valence-electron chi connectivity index (χ0n) is 18.0. The first-order valence-electron chi connectivity index (χ1n) is 11.1. The maximum Gasteiger partial charge on any atom is 0.246 e. The summed E-state index contributed by atoms with van der Waals surface area (Å²) in [6, 6.07) is 18.4. The lowest BCUT2D eigenvalue weighted by Gasteiger charge is -2.21. The van der Waals surface area contributed by atoms with E-state index in [4.69, 9.17) is 5.73 Å². The van der Waals surface area contributed by atoms with Gasteiger partial charge >= 0.3 is 0 Å². The number of aryl methyl sites for hydroxylation is 1. The quantitative estimate of drug-likeness (QED) is 0.437. The van der Waals surface area contributed by atoms with Crippen LogP contribution in [0.25, 0.3) is 10.9 Å². The van der Waals surface area contributed by atoms with E-state index in [1.165, 1.54) is 0 Å². The molecule has 0 spiro atoms. The number of hydrogen-bond acceptors (Lipinski definition) is 5. The summed E-state index contributed by atoms with van der Waals surface area (Å²) in [5.74, 6) is -0.113. The minimum Gasteiger partial charge on any atom is -0.343 e. The highest BCUT2D eigenvalue weighted by Crippen LogP contribution is 2.22. The first kappa shape index (κ1) is 21.9. The lowest BCUT2D eigenvalue weighted by molar-refractivity contribution is -0.127. The summed E-state index contributed by atoms with van der Waals surface area (Å²) < 4.78 is 0. The molecule has 2 heterocycles. The van der Waals surface area contributed by atoms with Crippen molar-refractivity contribution in [3.05, 3.63) is 72.4 Å². The lowest BCUT2D eigenvalue weighted by Crippen LogP contribution is -2.50. The maximum absolute atomic E-state index is 13.3. The number of fused-ring (bicyclic) bond motifs is 1. The van der Waals surface area contributed by atoms with Gasteiger partial charge in [-0.3, -0.25) is 14.6 Å². The van der Waals surface area contributed by atoms with Crippen molar-refractivity contribution in [2.24, 2.45) is 11.7 Å². The van der Waals surface area contributed by atoms with Gasteiger partial charge in [0.1, 0.15) is 6.04 Å². The molecule has 1 aliphatic heterocycles. The second-order valence-corrected chi connectivity index (χ2v) is 8.25. The molecule has 1 fully saturated rings. The minimum absolute atomic E-state index is 0.159. The molecule has 2 aromatic carbocycles. The Hall–Kier alpha value is -3.29. The molecular formula is C25H29N5O2. The number of nitrogens with zero attached hydrogens (tertiary/aromatic N) is 1. The number of nitrogens with one attached hydrogen (secondary N) is 3. The molecule has 7 heteroatoms. The molecule has 0 bridgehead atoms. The van der Waals surface area contributed by atoms with Gasteiger partial charge < -0.3 is 21.7 Å². The molecule has 3 unspecified atom stereocenters. The van der Waals surface area contributed by atoms with E-state index in [2.05, 4.69) is 20.9 Å². The van der Waals surface area contributed by atoms with Crippen molar-refractivity contribution in [1.29, 1.82) is 0 Å². The van der Waals surface area contributed by atoms with Gasteiger partial charge in [0.05, 0.1) is 17.2 Å². The standard InChI is InChI=1S/C25H29N5O2/c26-15-18-14-23(28-16-18)25(32)30-22(12-11-17-6-2-1-3-7-17)24(31)29-21-10-4-9-20-19(21)8-5-13-27-20/h1-10,13,18,22-23,28H,11-12,14-16,26H2,(H,29,31)(H,30,32). The van der Waals surface area contributed by atoms with Crippen LogP contribution in [0, 0.1) is 5.92 Å². The Morgan fingerprint density at radius 1 is 1.09 bits per heavy atom. The van der Waals surface area contributed by atoms with Crippen molar-refractivity contribution < 1.29 is 9.59 Å². The molecule has 5 N–H and O–H groups in total. The van der Waals surface area contributed by atoms with Crippen LogP contribution in [-0.2, 0) is 16.0 Å². The van der Waals surface area contributed by atoms with Crippen molar-refractivity contribution in [1.82, 2.24) is 15.6 Å². The second-order valence-electron chi connectivity index (χ2n) is 8.25. The number of carbonyl (C=O) groups is 2. The van der Waals surface area contributed by atoms with Crippen molar-refractivity contribution in [2.45, 2.75) is 31.3 Å². The molecule has 0 aliphatic carbocycles. The highest BCUT2D eigenvalue weighted by Gasteiger charge is 2.31. The van der Waals surface area contributed by atoms with Gasteiger partial charge in [0.15, 0.2) is 0 Å². The second kappa shape index (κ2) is 10.3. The fourth-order valence-electron chi connectivity index (χ4n) is 4.12. The highest BCUT2D eigenvalue weighted by molar-refractivity contribution is 6.04. The fourth-order valence-corrected chi connectivity index (χ4v) is 4.12. The van der Waals surface area contributed by atoms with Gasteiger partial charge in [-0.15, -0.1) is 0 Å². The molecule has 0 radical (unpaired) electrons. The number of nitrogens with two attached hydrogens (primary N) is 1. The first-order valence-corrected chi connectivity index (χ1v) is 11.1. The largest absolute Gasteiger partial charge is 0.343 e. The van der Waals surface area contributed by atoms with Crippen molar-refractivity contribution in [3.8, 4) is 0 Å². The number of hydrogen-bond donors (Lipinski definition) is 4. The molecule has 32 heavy (non-hydrogen) atoms. The topological polar surface area (TPSA) is 109 Å². The number of pyridine rings is 1. The van der Waals surface area contributed by atoms with E-state index in [-0.39, 0.29) is 23.8 Å². The Kier molecular flexibility index (Phi) is 7.09. The van der Waals surface area contributed by atoms with Crippen LogP contribution in [0.1, 0.15) is 18.4 Å². The van der Waals surface area contributed by atoms with Crippen LogP contribution in [-0.4, -0.2) is 42.0 Å². The molecule has 3 aromatic rings. The fraction of sp³-hybridized carbons (Fsp3) is 0.320. The number of aromatic nitrogens is 1. The van der Waals surface area contributed by atoms with Gasteiger partial charge in [0, 0.05) is 11.6 Å². The van der Waals surface area contributed by atoms with Gasteiger partial charge in [-0.1, -0.05) is 36.4 Å². The normalized spacial score (nSPS) is 18.9. The summed E-state index contributed by atoms with van der Waals surface area (Å²) in [6.07, 6.45) is 3.59. The average molecular weight is 432 g/mol. The molecule has 1 aromatic heterocycles. The highest BCUT2D eigenvalue weighted by atomic mass is 16.2. The molecule has 166 valence electrons. The van der Waals surface area contributed by atoms with Gasteiger partial charge in [0.25, 0.3) is 0 Å². The Labute approximate surface area is 187 Å². The first-order chi connectivity index (χ1) is 15.6. The SMILES string of the molecule is NCC1CNC(C(=O)NC(CCc2ccccc2)C(=O)Nc2cccc3ncccc23)C1.